The van der Waals surface area contributed by atoms with Gasteiger partial charge in [0.25, 0.3) is 0 Å². The molecule has 130 valence electrons. The maximum Gasteiger partial charge on any atom is 0.309 e. The van der Waals surface area contributed by atoms with Crippen LogP contribution in [0.5, 0.6) is 0 Å². The van der Waals surface area contributed by atoms with Gasteiger partial charge < -0.3 is 10.2 Å². The molecule has 0 unspecified atom stereocenters. The number of carboxylic acids is 1. The second-order valence-electron chi connectivity index (χ2n) is 8.48. The third-order valence-electron chi connectivity index (χ3n) is 6.89. The first-order valence-electron chi connectivity index (χ1n) is 8.84. The number of aliphatic carboxylic acids is 1. The largest absolute Gasteiger partial charge is 0.481 e. The maximum absolute atomic E-state index is 11.9. The SMILES string of the molecule is C=C[C@](C)(O)CC[C@H]1C(=C)CC[C@H]2[C@]1(C)CCC[C@@]2(C)C(=O)O. The molecule has 2 N–H and O–H groups in total. The van der Waals surface area contributed by atoms with E-state index in [1.54, 1.807) is 13.0 Å². The zero-order chi connectivity index (χ0) is 17.5. The van der Waals surface area contributed by atoms with E-state index in [0.29, 0.717) is 6.42 Å². The van der Waals surface area contributed by atoms with Crippen molar-refractivity contribution in [1.29, 1.82) is 0 Å². The fourth-order valence-electron chi connectivity index (χ4n) is 5.28. The van der Waals surface area contributed by atoms with Crippen LogP contribution in [-0.4, -0.2) is 21.8 Å². The van der Waals surface area contributed by atoms with Gasteiger partial charge in [-0.05, 0) is 69.6 Å². The van der Waals surface area contributed by atoms with E-state index in [2.05, 4.69) is 20.1 Å². The van der Waals surface area contributed by atoms with Gasteiger partial charge in [-0.25, -0.2) is 0 Å². The normalized spacial score (nSPS) is 40.1. The number of aliphatic hydroxyl groups is 1. The predicted octanol–water partition coefficient (Wildman–Crippen LogP) is 4.57. The molecule has 2 fully saturated rings. The highest BCUT2D eigenvalue weighted by Crippen LogP contribution is 2.62. The van der Waals surface area contributed by atoms with Crippen LogP contribution in [0, 0.1) is 22.7 Å². The number of allylic oxidation sites excluding steroid dienone is 1. The molecule has 0 aromatic heterocycles. The third-order valence-corrected chi connectivity index (χ3v) is 6.89. The van der Waals surface area contributed by atoms with Crippen molar-refractivity contribution < 1.29 is 15.0 Å². The van der Waals surface area contributed by atoms with Crippen molar-refractivity contribution in [3.05, 3.63) is 24.8 Å². The summed E-state index contributed by atoms with van der Waals surface area (Å²) in [6, 6.07) is 0. The zero-order valence-corrected chi connectivity index (χ0v) is 14.9. The number of rotatable bonds is 5. The lowest BCUT2D eigenvalue weighted by atomic mass is 9.46. The molecule has 3 nitrogen and oxygen atoms in total. The Hall–Kier alpha value is -1.09. The first-order chi connectivity index (χ1) is 10.6. The lowest BCUT2D eigenvalue weighted by Gasteiger charge is -2.57. The molecule has 0 aromatic carbocycles. The molecular weight excluding hydrogens is 288 g/mol. The highest BCUT2D eigenvalue weighted by atomic mass is 16.4. The van der Waals surface area contributed by atoms with E-state index in [0.717, 1.165) is 38.5 Å². The average Bonchev–Trinajstić information content (AvgIpc) is 2.46. The summed E-state index contributed by atoms with van der Waals surface area (Å²) in [5, 5.41) is 20.1. The van der Waals surface area contributed by atoms with Crippen molar-refractivity contribution in [2.75, 3.05) is 0 Å². The standard InChI is InChI=1S/C20H32O3/c1-6-18(3,23)13-10-15-14(2)8-9-16-19(15,4)11-7-12-20(16,5)17(21)22/h6,15-16,23H,1-2,7-13H2,3-5H3,(H,21,22)/t15-,16-,18-,19+,20+/m0/s1. The summed E-state index contributed by atoms with van der Waals surface area (Å²) in [6.07, 6.45) is 7.70. The minimum atomic E-state index is -0.867. The van der Waals surface area contributed by atoms with Crippen LogP contribution in [0.25, 0.3) is 0 Å². The van der Waals surface area contributed by atoms with E-state index in [1.807, 2.05) is 6.92 Å². The molecule has 0 bridgehead atoms. The molecule has 0 heterocycles. The summed E-state index contributed by atoms with van der Waals surface area (Å²) in [6.45, 7) is 14.0. The predicted molar refractivity (Wildman–Crippen MR) is 93.1 cm³/mol. The summed E-state index contributed by atoms with van der Waals surface area (Å²) in [5.41, 5.74) is -0.294. The van der Waals surface area contributed by atoms with Crippen LogP contribution in [0.1, 0.15) is 65.7 Å². The van der Waals surface area contributed by atoms with Gasteiger partial charge in [-0.1, -0.05) is 31.6 Å². The summed E-state index contributed by atoms with van der Waals surface area (Å²) in [7, 11) is 0. The molecule has 0 radical (unpaired) electrons. The Labute approximate surface area is 140 Å². The van der Waals surface area contributed by atoms with Gasteiger partial charge in [0.2, 0.25) is 0 Å². The first-order valence-corrected chi connectivity index (χ1v) is 8.84. The number of hydrogen-bond donors (Lipinski definition) is 2. The van der Waals surface area contributed by atoms with E-state index >= 15 is 0 Å². The molecule has 3 heteroatoms. The molecule has 2 aliphatic carbocycles. The van der Waals surface area contributed by atoms with Crippen molar-refractivity contribution in [1.82, 2.24) is 0 Å². The van der Waals surface area contributed by atoms with Gasteiger partial charge in [0, 0.05) is 0 Å². The van der Waals surface area contributed by atoms with Crippen LogP contribution in [0.2, 0.25) is 0 Å². The van der Waals surface area contributed by atoms with Gasteiger partial charge in [-0.15, -0.1) is 6.58 Å². The smallest absolute Gasteiger partial charge is 0.309 e. The van der Waals surface area contributed by atoms with Gasteiger partial charge in [-0.3, -0.25) is 4.79 Å². The van der Waals surface area contributed by atoms with Crippen molar-refractivity contribution in [2.24, 2.45) is 22.7 Å². The quantitative estimate of drug-likeness (QED) is 0.730. The molecule has 0 aromatic rings. The Bertz CT molecular complexity index is 507. The second-order valence-corrected chi connectivity index (χ2v) is 8.48. The van der Waals surface area contributed by atoms with Crippen molar-refractivity contribution >= 4 is 5.97 Å². The molecule has 5 atom stereocenters. The number of carbonyl (C=O) groups is 1. The van der Waals surface area contributed by atoms with Crippen molar-refractivity contribution in [3.63, 3.8) is 0 Å². The maximum atomic E-state index is 11.9. The molecule has 0 amide bonds. The molecule has 23 heavy (non-hydrogen) atoms. The molecule has 2 saturated carbocycles. The summed E-state index contributed by atoms with van der Waals surface area (Å²) in [4.78, 5) is 11.9. The monoisotopic (exact) mass is 320 g/mol. The van der Waals surface area contributed by atoms with Crippen LogP contribution < -0.4 is 0 Å². The van der Waals surface area contributed by atoms with Gasteiger partial charge in [0.05, 0.1) is 11.0 Å². The lowest BCUT2D eigenvalue weighted by Crippen LogP contribution is -2.53. The molecule has 2 aliphatic rings. The minimum absolute atomic E-state index is 0.0298. The number of carboxylic acid groups (broad SMARTS) is 1. The fourth-order valence-corrected chi connectivity index (χ4v) is 5.28. The molecular formula is C20H32O3. The summed E-state index contributed by atoms with van der Waals surface area (Å²) >= 11 is 0. The topological polar surface area (TPSA) is 57.5 Å². The van der Waals surface area contributed by atoms with Crippen LogP contribution in [0.4, 0.5) is 0 Å². The first kappa shape index (κ1) is 18.3. The Kier molecular flexibility index (Phi) is 4.83. The number of hydrogen-bond acceptors (Lipinski definition) is 2. The van der Waals surface area contributed by atoms with E-state index in [4.69, 9.17) is 0 Å². The molecule has 2 rings (SSSR count). The van der Waals surface area contributed by atoms with Gasteiger partial charge in [-0.2, -0.15) is 0 Å². The van der Waals surface area contributed by atoms with Crippen LogP contribution in [-0.2, 0) is 4.79 Å². The fraction of sp³-hybridized carbons (Fsp3) is 0.750. The van der Waals surface area contributed by atoms with E-state index < -0.39 is 17.0 Å². The summed E-state index contributed by atoms with van der Waals surface area (Å²) in [5.74, 6) is -0.185. The van der Waals surface area contributed by atoms with E-state index in [9.17, 15) is 15.0 Å². The van der Waals surface area contributed by atoms with Crippen LogP contribution >= 0.6 is 0 Å². The van der Waals surface area contributed by atoms with Gasteiger partial charge in [0.15, 0.2) is 0 Å². The number of fused-ring (bicyclic) bond motifs is 1. The molecule has 0 saturated heterocycles. The third kappa shape index (κ3) is 3.13. The molecule has 0 aliphatic heterocycles. The van der Waals surface area contributed by atoms with Gasteiger partial charge >= 0.3 is 5.97 Å². The highest BCUT2D eigenvalue weighted by molar-refractivity contribution is 5.75. The summed E-state index contributed by atoms with van der Waals surface area (Å²) < 4.78 is 0. The Morgan fingerprint density at radius 1 is 1.43 bits per heavy atom. The Balaban J connectivity index is 2.29. The second kappa shape index (κ2) is 6.08. The molecule has 0 spiro atoms. The van der Waals surface area contributed by atoms with Crippen molar-refractivity contribution in [2.45, 2.75) is 71.3 Å². The van der Waals surface area contributed by atoms with Gasteiger partial charge in [0.1, 0.15) is 0 Å². The minimum Gasteiger partial charge on any atom is -0.481 e. The zero-order valence-electron chi connectivity index (χ0n) is 14.9. The Morgan fingerprint density at radius 2 is 2.09 bits per heavy atom. The van der Waals surface area contributed by atoms with Crippen LogP contribution in [0.3, 0.4) is 0 Å². The van der Waals surface area contributed by atoms with E-state index in [-0.39, 0.29) is 17.3 Å². The van der Waals surface area contributed by atoms with Crippen molar-refractivity contribution in [3.8, 4) is 0 Å². The van der Waals surface area contributed by atoms with E-state index in [1.165, 1.54) is 5.57 Å². The Morgan fingerprint density at radius 3 is 2.65 bits per heavy atom. The van der Waals surface area contributed by atoms with Crippen LogP contribution in [0.15, 0.2) is 24.8 Å². The highest BCUT2D eigenvalue weighted by Gasteiger charge is 2.57. The average molecular weight is 320 g/mol. The lowest BCUT2D eigenvalue weighted by molar-refractivity contribution is -0.164.